The quantitative estimate of drug-likeness (QED) is 0.823. The lowest BCUT2D eigenvalue weighted by Crippen LogP contribution is -2.44. The van der Waals surface area contributed by atoms with Gasteiger partial charge in [0, 0.05) is 18.4 Å². The predicted molar refractivity (Wildman–Crippen MR) is 99.2 cm³/mol. The smallest absolute Gasteiger partial charge is 0.417 e. The standard InChI is InChI=1S/C21H19F3N2O3/c22-21(23,24)16-7-2-1-5-14(16)15-6-3-4-12-10-13(29-19(12)15)11-25-20(28)17-8-9-18(27)26-17/h1-7,13,17H,8-11H2,(H,25,28)(H,26,27)/t13?,17-/m0/s1. The van der Waals surface area contributed by atoms with Crippen molar-refractivity contribution in [2.45, 2.75) is 37.6 Å². The van der Waals surface area contributed by atoms with E-state index in [1.54, 1.807) is 18.2 Å². The van der Waals surface area contributed by atoms with Crippen LogP contribution in [0.5, 0.6) is 5.75 Å². The number of hydrogen-bond acceptors (Lipinski definition) is 3. The first-order valence-corrected chi connectivity index (χ1v) is 9.35. The van der Waals surface area contributed by atoms with Gasteiger partial charge in [-0.05, 0) is 23.6 Å². The Balaban J connectivity index is 1.50. The van der Waals surface area contributed by atoms with E-state index in [4.69, 9.17) is 4.74 Å². The van der Waals surface area contributed by atoms with E-state index in [-0.39, 0.29) is 30.0 Å². The normalized spacial score (nSPS) is 20.7. The summed E-state index contributed by atoms with van der Waals surface area (Å²) < 4.78 is 46.2. The van der Waals surface area contributed by atoms with Gasteiger partial charge < -0.3 is 15.4 Å². The van der Waals surface area contributed by atoms with Crippen molar-refractivity contribution in [1.82, 2.24) is 10.6 Å². The van der Waals surface area contributed by atoms with Gasteiger partial charge >= 0.3 is 6.18 Å². The van der Waals surface area contributed by atoms with Crippen LogP contribution in [0, 0.1) is 0 Å². The molecule has 0 spiro atoms. The van der Waals surface area contributed by atoms with Gasteiger partial charge in [-0.1, -0.05) is 36.4 Å². The minimum atomic E-state index is -4.48. The first kappa shape index (κ1) is 19.3. The highest BCUT2D eigenvalue weighted by molar-refractivity contribution is 5.90. The molecule has 1 unspecified atom stereocenters. The number of carbonyl (C=O) groups is 2. The molecule has 1 saturated heterocycles. The molecule has 2 aromatic carbocycles. The molecule has 2 aromatic rings. The molecule has 0 aliphatic carbocycles. The van der Waals surface area contributed by atoms with Gasteiger partial charge in [0.2, 0.25) is 11.8 Å². The van der Waals surface area contributed by atoms with Gasteiger partial charge in [-0.2, -0.15) is 13.2 Å². The number of ether oxygens (including phenoxy) is 1. The molecule has 29 heavy (non-hydrogen) atoms. The topological polar surface area (TPSA) is 67.4 Å². The van der Waals surface area contributed by atoms with E-state index in [9.17, 15) is 22.8 Å². The highest BCUT2D eigenvalue weighted by atomic mass is 19.4. The zero-order valence-corrected chi connectivity index (χ0v) is 15.4. The van der Waals surface area contributed by atoms with Crippen molar-refractivity contribution in [3.05, 3.63) is 53.6 Å². The largest absolute Gasteiger partial charge is 0.487 e. The fraction of sp³-hybridized carbons (Fsp3) is 0.333. The van der Waals surface area contributed by atoms with E-state index >= 15 is 0 Å². The first-order valence-electron chi connectivity index (χ1n) is 9.35. The molecule has 4 rings (SSSR count). The molecule has 0 saturated carbocycles. The summed E-state index contributed by atoms with van der Waals surface area (Å²) >= 11 is 0. The van der Waals surface area contributed by atoms with Crippen molar-refractivity contribution in [2.75, 3.05) is 6.54 Å². The molecule has 1 fully saturated rings. The molecule has 2 aliphatic heterocycles. The predicted octanol–water partition coefficient (Wildman–Crippen LogP) is 3.07. The third-order valence-corrected chi connectivity index (χ3v) is 5.17. The summed E-state index contributed by atoms with van der Waals surface area (Å²) in [5.74, 6) is -0.0155. The average Bonchev–Trinajstić information content (AvgIpc) is 3.31. The number of carbonyl (C=O) groups excluding carboxylic acids is 2. The molecule has 5 nitrogen and oxygen atoms in total. The minimum absolute atomic E-state index is 0.0650. The van der Waals surface area contributed by atoms with E-state index in [1.165, 1.54) is 12.1 Å². The van der Waals surface area contributed by atoms with E-state index in [1.807, 2.05) is 6.07 Å². The Morgan fingerprint density at radius 1 is 1.14 bits per heavy atom. The van der Waals surface area contributed by atoms with Gasteiger partial charge in [-0.3, -0.25) is 9.59 Å². The molecule has 152 valence electrons. The molecule has 0 aromatic heterocycles. The summed E-state index contributed by atoms with van der Waals surface area (Å²) in [6, 6.07) is 9.99. The Bertz CT molecular complexity index is 958. The summed E-state index contributed by atoms with van der Waals surface area (Å²) in [4.78, 5) is 23.4. The van der Waals surface area contributed by atoms with Crippen LogP contribution in [0.2, 0.25) is 0 Å². The number of alkyl halides is 3. The number of rotatable bonds is 4. The molecule has 2 amide bonds. The SMILES string of the molecule is O=C1CC[C@@H](C(=O)NCC2Cc3cccc(-c4ccccc4C(F)(F)F)c3O2)N1. The summed E-state index contributed by atoms with van der Waals surface area (Å²) in [6.45, 7) is 0.209. The Hall–Kier alpha value is -3.03. The van der Waals surface area contributed by atoms with Crippen LogP contribution in [0.4, 0.5) is 13.2 Å². The Kier molecular flexibility index (Phi) is 4.94. The summed E-state index contributed by atoms with van der Waals surface area (Å²) in [6.07, 6.45) is -3.60. The maximum Gasteiger partial charge on any atom is 0.417 e. The zero-order valence-electron chi connectivity index (χ0n) is 15.4. The van der Waals surface area contributed by atoms with Crippen LogP contribution < -0.4 is 15.4 Å². The lowest BCUT2D eigenvalue weighted by atomic mass is 9.96. The van der Waals surface area contributed by atoms with Crippen molar-refractivity contribution in [2.24, 2.45) is 0 Å². The lowest BCUT2D eigenvalue weighted by Gasteiger charge is -2.17. The minimum Gasteiger partial charge on any atom is -0.487 e. The van der Waals surface area contributed by atoms with E-state index in [0.717, 1.165) is 11.6 Å². The molecule has 0 radical (unpaired) electrons. The highest BCUT2D eigenvalue weighted by Crippen LogP contribution is 2.43. The van der Waals surface area contributed by atoms with Crippen molar-refractivity contribution in [3.8, 4) is 16.9 Å². The third kappa shape index (κ3) is 3.92. The number of para-hydroxylation sites is 1. The molecule has 0 bridgehead atoms. The van der Waals surface area contributed by atoms with Crippen LogP contribution in [-0.2, 0) is 22.2 Å². The molecule has 2 heterocycles. The van der Waals surface area contributed by atoms with Gasteiger partial charge in [0.1, 0.15) is 17.9 Å². The van der Waals surface area contributed by atoms with Gasteiger partial charge in [-0.15, -0.1) is 0 Å². The van der Waals surface area contributed by atoms with Crippen LogP contribution in [-0.4, -0.2) is 30.5 Å². The van der Waals surface area contributed by atoms with E-state index in [0.29, 0.717) is 30.6 Å². The van der Waals surface area contributed by atoms with Crippen molar-refractivity contribution >= 4 is 11.8 Å². The van der Waals surface area contributed by atoms with Crippen LogP contribution in [0.25, 0.3) is 11.1 Å². The second-order valence-corrected chi connectivity index (χ2v) is 7.19. The maximum absolute atomic E-state index is 13.4. The monoisotopic (exact) mass is 404 g/mol. The number of benzene rings is 2. The van der Waals surface area contributed by atoms with E-state index < -0.39 is 17.8 Å². The van der Waals surface area contributed by atoms with Gasteiger partial charge in [0.05, 0.1) is 12.1 Å². The van der Waals surface area contributed by atoms with Crippen molar-refractivity contribution in [1.29, 1.82) is 0 Å². The molecule has 2 aliphatic rings. The number of amides is 2. The molecule has 2 atom stereocenters. The summed E-state index contributed by atoms with van der Waals surface area (Å²) in [5, 5.41) is 5.36. The Labute approximate surface area is 165 Å². The number of halogens is 3. The van der Waals surface area contributed by atoms with Crippen molar-refractivity contribution < 1.29 is 27.5 Å². The fourth-order valence-corrected chi connectivity index (χ4v) is 3.78. The number of nitrogens with one attached hydrogen (secondary N) is 2. The maximum atomic E-state index is 13.4. The molecular weight excluding hydrogens is 385 g/mol. The van der Waals surface area contributed by atoms with Gasteiger partial charge in [0.15, 0.2) is 0 Å². The number of fused-ring (bicyclic) bond motifs is 1. The summed E-state index contributed by atoms with van der Waals surface area (Å²) in [5.41, 5.74) is 0.529. The Morgan fingerprint density at radius 2 is 1.90 bits per heavy atom. The first-order chi connectivity index (χ1) is 13.8. The van der Waals surface area contributed by atoms with Gasteiger partial charge in [0.25, 0.3) is 0 Å². The molecular formula is C21H19F3N2O3. The van der Waals surface area contributed by atoms with Crippen LogP contribution in [0.15, 0.2) is 42.5 Å². The van der Waals surface area contributed by atoms with Crippen LogP contribution in [0.1, 0.15) is 24.0 Å². The van der Waals surface area contributed by atoms with Crippen LogP contribution >= 0.6 is 0 Å². The Morgan fingerprint density at radius 3 is 2.62 bits per heavy atom. The summed E-state index contributed by atoms with van der Waals surface area (Å²) in [7, 11) is 0. The lowest BCUT2D eigenvalue weighted by molar-refractivity contribution is -0.137. The second-order valence-electron chi connectivity index (χ2n) is 7.19. The van der Waals surface area contributed by atoms with Crippen molar-refractivity contribution in [3.63, 3.8) is 0 Å². The molecule has 2 N–H and O–H groups in total. The van der Waals surface area contributed by atoms with Crippen LogP contribution in [0.3, 0.4) is 0 Å². The highest BCUT2D eigenvalue weighted by Gasteiger charge is 2.35. The molecule has 8 heteroatoms. The second kappa shape index (κ2) is 7.42. The third-order valence-electron chi connectivity index (χ3n) is 5.17. The zero-order chi connectivity index (χ0) is 20.6. The average molecular weight is 404 g/mol. The fourth-order valence-electron chi connectivity index (χ4n) is 3.78. The van der Waals surface area contributed by atoms with E-state index in [2.05, 4.69) is 10.6 Å². The van der Waals surface area contributed by atoms with Gasteiger partial charge in [-0.25, -0.2) is 0 Å². The number of hydrogen-bond donors (Lipinski definition) is 2.